The first-order chi connectivity index (χ1) is 15.1. The number of benzene rings is 2. The molecule has 1 saturated heterocycles. The predicted octanol–water partition coefficient (Wildman–Crippen LogP) is 4.09. The van der Waals surface area contributed by atoms with Gasteiger partial charge in [-0.1, -0.05) is 24.3 Å². The summed E-state index contributed by atoms with van der Waals surface area (Å²) in [7, 11) is 0. The molecule has 31 heavy (non-hydrogen) atoms. The first-order valence-electron chi connectivity index (χ1n) is 10.9. The number of piperidine rings is 1. The van der Waals surface area contributed by atoms with Crippen LogP contribution in [0, 0.1) is 6.92 Å². The van der Waals surface area contributed by atoms with Crippen LogP contribution < -0.4 is 9.64 Å². The van der Waals surface area contributed by atoms with Crippen LogP contribution in [-0.2, 0) is 16.0 Å². The Hall–Kier alpha value is -3.28. The summed E-state index contributed by atoms with van der Waals surface area (Å²) in [6, 6.07) is 13.4. The molecule has 2 aliphatic rings. The fraction of sp³-hybridized carbons (Fsp3) is 0.360. The molecule has 3 aromatic rings. The normalized spacial score (nSPS) is 18.5. The third-order valence-electron chi connectivity index (χ3n) is 6.17. The van der Waals surface area contributed by atoms with Crippen LogP contribution in [0.15, 0.2) is 53.1 Å². The number of carbonyl (C=O) groups excluding carboxylic acids is 2. The molecule has 0 radical (unpaired) electrons. The van der Waals surface area contributed by atoms with Gasteiger partial charge in [0.25, 0.3) is 5.91 Å². The van der Waals surface area contributed by atoms with Crippen molar-refractivity contribution >= 4 is 28.5 Å². The molecule has 160 valence electrons. The van der Waals surface area contributed by atoms with Gasteiger partial charge in [0.15, 0.2) is 6.10 Å². The van der Waals surface area contributed by atoms with Crippen molar-refractivity contribution in [1.29, 1.82) is 0 Å². The maximum Gasteiger partial charge on any atom is 0.265 e. The third kappa shape index (κ3) is 3.78. The van der Waals surface area contributed by atoms with Crippen molar-refractivity contribution in [2.75, 3.05) is 24.5 Å². The summed E-state index contributed by atoms with van der Waals surface area (Å²) in [5, 5.41) is 0.946. The lowest BCUT2D eigenvalue weighted by molar-refractivity contribution is -0.139. The first-order valence-corrected chi connectivity index (χ1v) is 10.9. The van der Waals surface area contributed by atoms with E-state index in [0.29, 0.717) is 11.4 Å². The van der Waals surface area contributed by atoms with Crippen LogP contribution in [0.3, 0.4) is 0 Å². The quantitative estimate of drug-likeness (QED) is 0.643. The maximum atomic E-state index is 13.4. The fourth-order valence-electron chi connectivity index (χ4n) is 4.50. The second kappa shape index (κ2) is 8.10. The van der Waals surface area contributed by atoms with E-state index in [0.717, 1.165) is 54.4 Å². The molecule has 5 rings (SSSR count). The third-order valence-corrected chi connectivity index (χ3v) is 6.17. The lowest BCUT2D eigenvalue weighted by Gasteiger charge is -2.37. The molecule has 1 aromatic heterocycles. The minimum absolute atomic E-state index is 0.0313. The Morgan fingerprint density at radius 2 is 1.87 bits per heavy atom. The number of aryl methyl sites for hydroxylation is 1. The van der Waals surface area contributed by atoms with Gasteiger partial charge in [-0.3, -0.25) is 9.59 Å². The molecule has 0 unspecified atom stereocenters. The van der Waals surface area contributed by atoms with Crippen LogP contribution in [0.4, 0.5) is 5.69 Å². The van der Waals surface area contributed by atoms with Gasteiger partial charge >= 0.3 is 0 Å². The van der Waals surface area contributed by atoms with Crippen molar-refractivity contribution < 1.29 is 18.7 Å². The lowest BCUT2D eigenvalue weighted by atomic mass is 10.1. The molecule has 1 atom stereocenters. The molecule has 6 nitrogen and oxygen atoms in total. The topological polar surface area (TPSA) is 63.0 Å². The minimum Gasteiger partial charge on any atom is -0.476 e. The van der Waals surface area contributed by atoms with E-state index >= 15 is 0 Å². The number of hydrogen-bond acceptors (Lipinski definition) is 4. The number of ether oxygens (including phenoxy) is 1. The zero-order chi connectivity index (χ0) is 21.4. The van der Waals surface area contributed by atoms with Crippen LogP contribution in [0.1, 0.15) is 30.4 Å². The van der Waals surface area contributed by atoms with E-state index in [1.165, 1.54) is 0 Å². The Balaban J connectivity index is 1.40. The van der Waals surface area contributed by atoms with Crippen LogP contribution in [0.25, 0.3) is 11.0 Å². The van der Waals surface area contributed by atoms with Crippen LogP contribution in [-0.4, -0.2) is 42.5 Å². The summed E-state index contributed by atoms with van der Waals surface area (Å²) in [6.45, 7) is 3.75. The van der Waals surface area contributed by atoms with Crippen LogP contribution >= 0.6 is 0 Å². The molecule has 2 aromatic carbocycles. The summed E-state index contributed by atoms with van der Waals surface area (Å²) in [5.74, 6) is 0.469. The van der Waals surface area contributed by atoms with Gasteiger partial charge in [-0.15, -0.1) is 0 Å². The maximum absolute atomic E-state index is 13.4. The molecule has 0 N–H and O–H groups in total. The van der Waals surface area contributed by atoms with E-state index in [1.807, 2.05) is 54.3 Å². The van der Waals surface area contributed by atoms with E-state index in [4.69, 9.17) is 9.15 Å². The molecule has 3 heterocycles. The van der Waals surface area contributed by atoms with Gasteiger partial charge in [0.05, 0.1) is 24.9 Å². The molecule has 0 spiro atoms. The molecule has 0 aliphatic carbocycles. The Bertz CT molecular complexity index is 1130. The zero-order valence-electron chi connectivity index (χ0n) is 17.7. The number of likely N-dealkylation sites (tertiary alicyclic amines) is 1. The number of rotatable bonds is 3. The number of anilines is 1. The zero-order valence-corrected chi connectivity index (χ0v) is 17.7. The highest BCUT2D eigenvalue weighted by Crippen LogP contribution is 2.34. The summed E-state index contributed by atoms with van der Waals surface area (Å²) >= 11 is 0. The summed E-state index contributed by atoms with van der Waals surface area (Å²) in [4.78, 5) is 30.1. The van der Waals surface area contributed by atoms with Gasteiger partial charge in [0.2, 0.25) is 5.91 Å². The number of carbonyl (C=O) groups is 2. The van der Waals surface area contributed by atoms with E-state index in [-0.39, 0.29) is 24.8 Å². The number of fused-ring (bicyclic) bond motifs is 2. The van der Waals surface area contributed by atoms with Gasteiger partial charge in [-0.2, -0.15) is 0 Å². The molecule has 6 heteroatoms. The van der Waals surface area contributed by atoms with Crippen LogP contribution in [0.2, 0.25) is 0 Å². The second-order valence-electron chi connectivity index (χ2n) is 8.40. The smallest absolute Gasteiger partial charge is 0.265 e. The average Bonchev–Trinajstić information content (AvgIpc) is 3.19. The SMILES string of the molecule is Cc1ccc2c(CC(=O)N3C[C@H](C(=O)N4CCCCC4)Oc4ccccc43)coc2c1. The fourth-order valence-corrected chi connectivity index (χ4v) is 4.50. The highest BCUT2D eigenvalue weighted by Gasteiger charge is 2.36. The summed E-state index contributed by atoms with van der Waals surface area (Å²) < 4.78 is 11.7. The van der Waals surface area contributed by atoms with Gasteiger partial charge in [-0.05, 0) is 49.9 Å². The van der Waals surface area contributed by atoms with Gasteiger partial charge in [-0.25, -0.2) is 0 Å². The van der Waals surface area contributed by atoms with Gasteiger partial charge in [0.1, 0.15) is 11.3 Å². The molecule has 1 fully saturated rings. The number of nitrogens with zero attached hydrogens (tertiary/aromatic N) is 2. The highest BCUT2D eigenvalue weighted by atomic mass is 16.5. The standard InChI is InChI=1S/C25H26N2O4/c1-17-9-10-19-18(16-30-22(19)13-17)14-24(28)27-15-23(25(29)26-11-5-2-6-12-26)31-21-8-4-3-7-20(21)27/h3-4,7-10,13,16,23H,2,5-6,11-12,14-15H2,1H3/t23-/m1/s1. The molecular weight excluding hydrogens is 392 g/mol. The van der Waals surface area contributed by atoms with Gasteiger partial charge < -0.3 is 19.0 Å². The molecule has 2 aliphatic heterocycles. The van der Waals surface area contributed by atoms with E-state index in [2.05, 4.69) is 0 Å². The Labute approximate surface area is 181 Å². The van der Waals surface area contributed by atoms with Crippen molar-refractivity contribution in [1.82, 2.24) is 4.90 Å². The summed E-state index contributed by atoms with van der Waals surface area (Å²) in [5.41, 5.74) is 3.45. The number of furan rings is 1. The monoisotopic (exact) mass is 418 g/mol. The Kier molecular flexibility index (Phi) is 5.14. The molecule has 0 saturated carbocycles. The Morgan fingerprint density at radius 1 is 1.06 bits per heavy atom. The average molecular weight is 418 g/mol. The minimum atomic E-state index is -0.680. The first kappa shape index (κ1) is 19.7. The largest absolute Gasteiger partial charge is 0.476 e. The van der Waals surface area contributed by atoms with E-state index in [9.17, 15) is 9.59 Å². The van der Waals surface area contributed by atoms with Crippen molar-refractivity contribution in [3.63, 3.8) is 0 Å². The number of amides is 2. The predicted molar refractivity (Wildman–Crippen MR) is 118 cm³/mol. The van der Waals surface area contributed by atoms with Crippen molar-refractivity contribution in [3.8, 4) is 5.75 Å². The van der Waals surface area contributed by atoms with Crippen LogP contribution in [0.5, 0.6) is 5.75 Å². The van der Waals surface area contributed by atoms with Crippen molar-refractivity contribution in [2.45, 2.75) is 38.7 Å². The van der Waals surface area contributed by atoms with Crippen molar-refractivity contribution in [2.24, 2.45) is 0 Å². The second-order valence-corrected chi connectivity index (χ2v) is 8.40. The number of hydrogen-bond donors (Lipinski definition) is 0. The molecular formula is C25H26N2O4. The van der Waals surface area contributed by atoms with Gasteiger partial charge in [0, 0.05) is 24.0 Å². The van der Waals surface area contributed by atoms with E-state index in [1.54, 1.807) is 11.2 Å². The lowest BCUT2D eigenvalue weighted by Crippen LogP contribution is -2.53. The Morgan fingerprint density at radius 3 is 2.71 bits per heavy atom. The van der Waals surface area contributed by atoms with E-state index < -0.39 is 6.10 Å². The molecule has 2 amide bonds. The molecule has 0 bridgehead atoms. The highest BCUT2D eigenvalue weighted by molar-refractivity contribution is 6.00. The summed E-state index contributed by atoms with van der Waals surface area (Å²) in [6.07, 6.45) is 4.37. The van der Waals surface area contributed by atoms with Crippen molar-refractivity contribution in [3.05, 3.63) is 59.9 Å². The number of para-hydroxylation sites is 2.